The number of thiocarbonyl (C=S) groups is 1. The predicted octanol–water partition coefficient (Wildman–Crippen LogP) is 2.53. The van der Waals surface area contributed by atoms with Crippen molar-refractivity contribution in [3.05, 3.63) is 42.1 Å². The largest absolute Gasteiger partial charge is 0.493 e. The van der Waals surface area contributed by atoms with E-state index < -0.39 is 0 Å². The smallest absolute Gasteiger partial charge is 0.219 e. The maximum absolute atomic E-state index is 5.71. The molecule has 1 aromatic heterocycles. The Bertz CT molecular complexity index is 592. The molecule has 0 aliphatic rings. The first-order valence-electron chi connectivity index (χ1n) is 5.80. The van der Waals surface area contributed by atoms with Crippen LogP contribution in [0.3, 0.4) is 0 Å². The van der Waals surface area contributed by atoms with Gasteiger partial charge < -0.3 is 19.9 Å². The van der Waals surface area contributed by atoms with Crippen LogP contribution >= 0.6 is 12.2 Å². The van der Waals surface area contributed by atoms with Gasteiger partial charge in [-0.05, 0) is 18.2 Å². The maximum atomic E-state index is 5.71. The number of benzene rings is 1. The van der Waals surface area contributed by atoms with Gasteiger partial charge in [-0.15, -0.1) is 0 Å². The summed E-state index contributed by atoms with van der Waals surface area (Å²) >= 11 is 4.87. The molecule has 0 amide bonds. The number of hydrogen-bond donors (Lipinski definition) is 1. The van der Waals surface area contributed by atoms with Crippen LogP contribution < -0.4 is 19.9 Å². The van der Waals surface area contributed by atoms with Gasteiger partial charge in [-0.2, -0.15) is 0 Å². The summed E-state index contributed by atoms with van der Waals surface area (Å²) in [6.07, 6.45) is 1.56. The van der Waals surface area contributed by atoms with E-state index >= 15 is 0 Å². The van der Waals surface area contributed by atoms with Crippen molar-refractivity contribution in [1.82, 2.24) is 4.98 Å². The van der Waals surface area contributed by atoms with Gasteiger partial charge in [0.2, 0.25) is 11.6 Å². The van der Waals surface area contributed by atoms with Gasteiger partial charge >= 0.3 is 0 Å². The summed E-state index contributed by atoms with van der Waals surface area (Å²) in [5.74, 6) is 1.98. The van der Waals surface area contributed by atoms with Crippen molar-refractivity contribution in [2.24, 2.45) is 5.73 Å². The number of aromatic nitrogens is 1. The number of para-hydroxylation sites is 1. The van der Waals surface area contributed by atoms with Crippen LogP contribution in [0.1, 0.15) is 5.56 Å². The zero-order valence-electron chi connectivity index (χ0n) is 11.1. The molecular weight excluding hydrogens is 276 g/mol. The average molecular weight is 290 g/mol. The summed E-state index contributed by atoms with van der Waals surface area (Å²) in [4.78, 5) is 4.44. The summed E-state index contributed by atoms with van der Waals surface area (Å²) < 4.78 is 16.2. The fourth-order valence-corrected chi connectivity index (χ4v) is 1.73. The van der Waals surface area contributed by atoms with Gasteiger partial charge in [0, 0.05) is 17.8 Å². The Hall–Kier alpha value is -2.34. The summed E-state index contributed by atoms with van der Waals surface area (Å²) in [5, 5.41) is 0. The number of pyridine rings is 1. The molecule has 0 atom stereocenters. The normalized spacial score (nSPS) is 9.90. The highest BCUT2D eigenvalue weighted by atomic mass is 32.1. The molecule has 0 spiro atoms. The molecule has 2 aromatic rings. The van der Waals surface area contributed by atoms with Crippen LogP contribution in [0, 0.1) is 0 Å². The number of nitrogens with two attached hydrogens (primary N) is 1. The van der Waals surface area contributed by atoms with Gasteiger partial charge in [-0.25, -0.2) is 4.98 Å². The van der Waals surface area contributed by atoms with E-state index in [9.17, 15) is 0 Å². The minimum atomic E-state index is 0.291. The highest BCUT2D eigenvalue weighted by Crippen LogP contribution is 2.39. The van der Waals surface area contributed by atoms with Crippen molar-refractivity contribution >= 4 is 17.2 Å². The zero-order valence-corrected chi connectivity index (χ0v) is 11.9. The molecule has 104 valence electrons. The number of nitrogens with zero attached hydrogens (tertiary/aromatic N) is 1. The van der Waals surface area contributed by atoms with Gasteiger partial charge in [0.05, 0.1) is 14.2 Å². The van der Waals surface area contributed by atoms with Crippen LogP contribution in [0.4, 0.5) is 0 Å². The van der Waals surface area contributed by atoms with Gasteiger partial charge in [0.15, 0.2) is 11.5 Å². The third-order valence-corrected chi connectivity index (χ3v) is 2.85. The number of rotatable bonds is 5. The highest BCUT2D eigenvalue weighted by Gasteiger charge is 2.13. The lowest BCUT2D eigenvalue weighted by Crippen LogP contribution is -2.09. The van der Waals surface area contributed by atoms with Crippen molar-refractivity contribution in [3.63, 3.8) is 0 Å². The van der Waals surface area contributed by atoms with E-state index in [0.29, 0.717) is 33.7 Å². The molecule has 0 radical (unpaired) electrons. The summed E-state index contributed by atoms with van der Waals surface area (Å²) in [7, 11) is 3.12. The zero-order chi connectivity index (χ0) is 14.5. The fraction of sp³-hybridized carbons (Fsp3) is 0.143. The van der Waals surface area contributed by atoms with Gasteiger partial charge in [-0.1, -0.05) is 18.3 Å². The molecule has 0 bridgehead atoms. The lowest BCUT2D eigenvalue weighted by atomic mass is 10.3. The van der Waals surface area contributed by atoms with E-state index in [0.717, 1.165) is 0 Å². The quantitative estimate of drug-likeness (QED) is 0.854. The van der Waals surface area contributed by atoms with E-state index in [4.69, 9.17) is 32.2 Å². The Balaban J connectivity index is 2.31. The molecule has 2 rings (SSSR count). The van der Waals surface area contributed by atoms with Crippen molar-refractivity contribution in [2.45, 2.75) is 0 Å². The summed E-state index contributed by atoms with van der Waals surface area (Å²) in [6.45, 7) is 0. The van der Waals surface area contributed by atoms with E-state index in [2.05, 4.69) is 4.98 Å². The standard InChI is InChI=1S/C14H14N2O3S/c1-17-10-4-3-5-11(18-2)13(10)19-12-7-6-9(8-16-12)14(15)20/h3-8H,1-2H3,(H2,15,20). The topological polar surface area (TPSA) is 66.6 Å². The molecule has 5 nitrogen and oxygen atoms in total. The first kappa shape index (κ1) is 14.1. The van der Waals surface area contributed by atoms with Crippen molar-refractivity contribution in [1.29, 1.82) is 0 Å². The van der Waals surface area contributed by atoms with Crippen LogP contribution in [0.25, 0.3) is 0 Å². The second kappa shape index (κ2) is 6.21. The Labute approximate surface area is 122 Å². The van der Waals surface area contributed by atoms with Crippen LogP contribution in [0.2, 0.25) is 0 Å². The third kappa shape index (κ3) is 2.97. The monoisotopic (exact) mass is 290 g/mol. The molecule has 2 N–H and O–H groups in total. The molecule has 1 heterocycles. The third-order valence-electron chi connectivity index (χ3n) is 2.61. The van der Waals surface area contributed by atoms with Crippen molar-refractivity contribution < 1.29 is 14.2 Å². The average Bonchev–Trinajstić information content (AvgIpc) is 2.48. The van der Waals surface area contributed by atoms with E-state index in [1.807, 2.05) is 6.07 Å². The molecule has 0 aliphatic carbocycles. The van der Waals surface area contributed by atoms with Crippen molar-refractivity contribution in [2.75, 3.05) is 14.2 Å². The molecule has 1 aromatic carbocycles. The first-order valence-corrected chi connectivity index (χ1v) is 6.21. The second-order valence-corrected chi connectivity index (χ2v) is 4.28. The Morgan fingerprint density at radius 2 is 1.75 bits per heavy atom. The maximum Gasteiger partial charge on any atom is 0.219 e. The first-order chi connectivity index (χ1) is 9.65. The van der Waals surface area contributed by atoms with Crippen LogP contribution in [-0.2, 0) is 0 Å². The highest BCUT2D eigenvalue weighted by molar-refractivity contribution is 7.80. The Morgan fingerprint density at radius 3 is 2.20 bits per heavy atom. The van der Waals surface area contributed by atoms with E-state index in [1.54, 1.807) is 44.7 Å². The lowest BCUT2D eigenvalue weighted by molar-refractivity contribution is 0.342. The van der Waals surface area contributed by atoms with Gasteiger partial charge in [0.25, 0.3) is 0 Å². The number of hydrogen-bond acceptors (Lipinski definition) is 5. The number of methoxy groups -OCH3 is 2. The molecular formula is C14H14N2O3S. The molecule has 0 saturated carbocycles. The molecule has 6 heteroatoms. The second-order valence-electron chi connectivity index (χ2n) is 3.84. The van der Waals surface area contributed by atoms with Crippen LogP contribution in [-0.4, -0.2) is 24.2 Å². The molecule has 20 heavy (non-hydrogen) atoms. The van der Waals surface area contributed by atoms with Crippen LogP contribution in [0.5, 0.6) is 23.1 Å². The Kier molecular flexibility index (Phi) is 4.37. The van der Waals surface area contributed by atoms with Crippen molar-refractivity contribution in [3.8, 4) is 23.1 Å². The predicted molar refractivity (Wildman–Crippen MR) is 79.7 cm³/mol. The minimum absolute atomic E-state index is 0.291. The summed E-state index contributed by atoms with van der Waals surface area (Å²) in [5.41, 5.74) is 6.20. The molecule has 0 unspecified atom stereocenters. The fourth-order valence-electron chi connectivity index (χ4n) is 1.61. The summed E-state index contributed by atoms with van der Waals surface area (Å²) in [6, 6.07) is 8.79. The van der Waals surface area contributed by atoms with E-state index in [-0.39, 0.29) is 0 Å². The van der Waals surface area contributed by atoms with E-state index in [1.165, 1.54) is 0 Å². The molecule has 0 saturated heterocycles. The lowest BCUT2D eigenvalue weighted by Gasteiger charge is -2.13. The Morgan fingerprint density at radius 1 is 1.10 bits per heavy atom. The van der Waals surface area contributed by atoms with Gasteiger partial charge in [0.1, 0.15) is 4.99 Å². The van der Waals surface area contributed by atoms with Crippen LogP contribution in [0.15, 0.2) is 36.5 Å². The van der Waals surface area contributed by atoms with Gasteiger partial charge in [-0.3, -0.25) is 0 Å². The number of ether oxygens (including phenoxy) is 3. The molecule has 0 fully saturated rings. The molecule has 0 aliphatic heterocycles. The minimum Gasteiger partial charge on any atom is -0.493 e. The SMILES string of the molecule is COc1cccc(OC)c1Oc1ccc(C(N)=S)cn1.